The normalized spacial score (nSPS) is 33.3. The Labute approximate surface area is 91.5 Å². The molecule has 0 aromatic rings. The summed E-state index contributed by atoms with van der Waals surface area (Å²) in [6.07, 6.45) is 4.80. The molecule has 1 aliphatic carbocycles. The summed E-state index contributed by atoms with van der Waals surface area (Å²) in [4.78, 5) is 14.1. The highest BCUT2D eigenvalue weighted by Gasteiger charge is 2.33. The molecule has 0 bridgehead atoms. The summed E-state index contributed by atoms with van der Waals surface area (Å²) in [5, 5.41) is 9.39. The molecular formula is C12H21NO2. The first-order valence-electron chi connectivity index (χ1n) is 6.15. The van der Waals surface area contributed by atoms with Gasteiger partial charge in [0.05, 0.1) is 6.10 Å². The number of aliphatic hydroxyl groups excluding tert-OH is 1. The summed E-state index contributed by atoms with van der Waals surface area (Å²) in [7, 11) is 0. The van der Waals surface area contributed by atoms with Crippen molar-refractivity contribution in [3.63, 3.8) is 0 Å². The minimum absolute atomic E-state index is 0.185. The molecule has 3 nitrogen and oxygen atoms in total. The molecule has 2 fully saturated rings. The molecule has 2 unspecified atom stereocenters. The van der Waals surface area contributed by atoms with E-state index in [0.29, 0.717) is 11.8 Å². The molecule has 2 aliphatic rings. The standard InChI is InChI=1S/C12H21NO2/c1-9-3-2-4-11(9)12(15)13-7-5-10(14)6-8-13/h9-11,14H,2-8H2,1H3. The number of carbonyl (C=O) groups excluding carboxylic acids is 1. The van der Waals surface area contributed by atoms with Gasteiger partial charge in [-0.25, -0.2) is 0 Å². The maximum Gasteiger partial charge on any atom is 0.225 e. The van der Waals surface area contributed by atoms with Crippen LogP contribution >= 0.6 is 0 Å². The molecule has 0 radical (unpaired) electrons. The number of hydrogen-bond donors (Lipinski definition) is 1. The first-order chi connectivity index (χ1) is 7.18. The van der Waals surface area contributed by atoms with Gasteiger partial charge in [-0.1, -0.05) is 13.3 Å². The number of piperidine rings is 1. The number of likely N-dealkylation sites (tertiary alicyclic amines) is 1. The van der Waals surface area contributed by atoms with Crippen LogP contribution in [0.15, 0.2) is 0 Å². The van der Waals surface area contributed by atoms with Crippen LogP contribution in [0.1, 0.15) is 39.0 Å². The van der Waals surface area contributed by atoms with Gasteiger partial charge in [0.2, 0.25) is 5.91 Å². The first-order valence-corrected chi connectivity index (χ1v) is 6.15. The van der Waals surface area contributed by atoms with Crippen LogP contribution < -0.4 is 0 Å². The zero-order valence-electron chi connectivity index (χ0n) is 9.48. The van der Waals surface area contributed by atoms with Crippen molar-refractivity contribution in [1.29, 1.82) is 0 Å². The maximum absolute atomic E-state index is 12.2. The fourth-order valence-electron chi connectivity index (χ4n) is 2.83. The van der Waals surface area contributed by atoms with E-state index in [1.165, 1.54) is 12.8 Å². The number of nitrogens with zero attached hydrogens (tertiary/aromatic N) is 1. The second kappa shape index (κ2) is 4.52. The van der Waals surface area contributed by atoms with E-state index in [9.17, 15) is 9.90 Å². The van der Waals surface area contributed by atoms with E-state index in [1.54, 1.807) is 0 Å². The molecule has 1 heterocycles. The molecule has 0 spiro atoms. The number of aliphatic hydroxyl groups is 1. The van der Waals surface area contributed by atoms with Gasteiger partial charge in [-0.2, -0.15) is 0 Å². The molecule has 15 heavy (non-hydrogen) atoms. The second-order valence-electron chi connectivity index (χ2n) is 5.07. The predicted molar refractivity (Wildman–Crippen MR) is 58.3 cm³/mol. The smallest absolute Gasteiger partial charge is 0.225 e. The fourth-order valence-corrected chi connectivity index (χ4v) is 2.83. The largest absolute Gasteiger partial charge is 0.393 e. The predicted octanol–water partition coefficient (Wildman–Crippen LogP) is 1.41. The average molecular weight is 211 g/mol. The van der Waals surface area contributed by atoms with Gasteiger partial charge in [0, 0.05) is 19.0 Å². The monoisotopic (exact) mass is 211 g/mol. The Bertz CT molecular complexity index is 234. The molecular weight excluding hydrogens is 190 g/mol. The lowest BCUT2D eigenvalue weighted by Gasteiger charge is -2.32. The number of rotatable bonds is 1. The molecule has 1 saturated heterocycles. The lowest BCUT2D eigenvalue weighted by molar-refractivity contribution is -0.138. The lowest BCUT2D eigenvalue weighted by Crippen LogP contribution is -2.43. The Morgan fingerprint density at radius 1 is 1.20 bits per heavy atom. The molecule has 2 atom stereocenters. The van der Waals surface area contributed by atoms with Crippen molar-refractivity contribution in [1.82, 2.24) is 4.90 Å². The van der Waals surface area contributed by atoms with E-state index >= 15 is 0 Å². The first kappa shape index (κ1) is 10.9. The second-order valence-corrected chi connectivity index (χ2v) is 5.07. The van der Waals surface area contributed by atoms with E-state index in [-0.39, 0.29) is 12.0 Å². The average Bonchev–Trinajstić information content (AvgIpc) is 2.65. The Balaban J connectivity index is 1.90. The Morgan fingerprint density at radius 3 is 2.40 bits per heavy atom. The van der Waals surface area contributed by atoms with Gasteiger partial charge in [-0.15, -0.1) is 0 Å². The summed E-state index contributed by atoms with van der Waals surface area (Å²) >= 11 is 0. The maximum atomic E-state index is 12.2. The molecule has 3 heteroatoms. The van der Waals surface area contributed by atoms with Crippen LogP contribution in [0.4, 0.5) is 0 Å². The van der Waals surface area contributed by atoms with Crippen molar-refractivity contribution in [3.8, 4) is 0 Å². The van der Waals surface area contributed by atoms with Crippen LogP contribution in [-0.4, -0.2) is 35.1 Å². The quantitative estimate of drug-likeness (QED) is 0.712. The highest BCUT2D eigenvalue weighted by molar-refractivity contribution is 5.79. The summed E-state index contributed by atoms with van der Waals surface area (Å²) in [5.41, 5.74) is 0. The van der Waals surface area contributed by atoms with Crippen LogP contribution in [0.25, 0.3) is 0 Å². The van der Waals surface area contributed by atoms with Gasteiger partial charge in [0.1, 0.15) is 0 Å². The van der Waals surface area contributed by atoms with Crippen LogP contribution in [0.3, 0.4) is 0 Å². The van der Waals surface area contributed by atoms with Crippen LogP contribution in [-0.2, 0) is 4.79 Å². The van der Waals surface area contributed by atoms with Gasteiger partial charge in [-0.05, 0) is 31.6 Å². The fraction of sp³-hybridized carbons (Fsp3) is 0.917. The highest BCUT2D eigenvalue weighted by atomic mass is 16.3. The number of amides is 1. The van der Waals surface area contributed by atoms with Gasteiger partial charge < -0.3 is 10.0 Å². The van der Waals surface area contributed by atoms with Crippen molar-refractivity contribution >= 4 is 5.91 Å². The third kappa shape index (κ3) is 2.33. The summed E-state index contributed by atoms with van der Waals surface area (Å²) in [5.74, 6) is 1.16. The van der Waals surface area contributed by atoms with Crippen LogP contribution in [0, 0.1) is 11.8 Å². The Morgan fingerprint density at radius 2 is 1.87 bits per heavy atom. The molecule has 1 aliphatic heterocycles. The summed E-state index contributed by atoms with van der Waals surface area (Å²) < 4.78 is 0. The molecule has 1 N–H and O–H groups in total. The highest BCUT2D eigenvalue weighted by Crippen LogP contribution is 2.33. The third-order valence-corrected chi connectivity index (χ3v) is 3.95. The summed E-state index contributed by atoms with van der Waals surface area (Å²) in [6, 6.07) is 0. The summed E-state index contributed by atoms with van der Waals surface area (Å²) in [6.45, 7) is 3.70. The van der Waals surface area contributed by atoms with E-state index in [0.717, 1.165) is 32.4 Å². The Kier molecular flexibility index (Phi) is 3.29. The molecule has 0 aromatic carbocycles. The van der Waals surface area contributed by atoms with Crippen molar-refractivity contribution in [3.05, 3.63) is 0 Å². The van der Waals surface area contributed by atoms with Crippen LogP contribution in [0.5, 0.6) is 0 Å². The van der Waals surface area contributed by atoms with Gasteiger partial charge in [0.25, 0.3) is 0 Å². The molecule has 1 amide bonds. The third-order valence-electron chi connectivity index (χ3n) is 3.95. The van der Waals surface area contributed by atoms with Crippen molar-refractivity contribution in [2.24, 2.45) is 11.8 Å². The van der Waals surface area contributed by atoms with E-state index < -0.39 is 0 Å². The molecule has 2 rings (SSSR count). The van der Waals surface area contributed by atoms with Gasteiger partial charge in [-0.3, -0.25) is 4.79 Å². The van der Waals surface area contributed by atoms with Crippen molar-refractivity contribution in [2.75, 3.05) is 13.1 Å². The van der Waals surface area contributed by atoms with E-state index in [4.69, 9.17) is 0 Å². The zero-order chi connectivity index (χ0) is 10.8. The lowest BCUT2D eigenvalue weighted by atomic mass is 9.95. The Hall–Kier alpha value is -0.570. The molecule has 1 saturated carbocycles. The minimum Gasteiger partial charge on any atom is -0.393 e. The van der Waals surface area contributed by atoms with Crippen LogP contribution in [0.2, 0.25) is 0 Å². The van der Waals surface area contributed by atoms with Crippen molar-refractivity contribution in [2.45, 2.75) is 45.1 Å². The number of hydrogen-bond acceptors (Lipinski definition) is 2. The van der Waals surface area contributed by atoms with Crippen molar-refractivity contribution < 1.29 is 9.90 Å². The molecule has 0 aromatic heterocycles. The number of carbonyl (C=O) groups is 1. The van der Waals surface area contributed by atoms with Gasteiger partial charge in [0.15, 0.2) is 0 Å². The van der Waals surface area contributed by atoms with E-state index in [2.05, 4.69) is 6.92 Å². The van der Waals surface area contributed by atoms with E-state index in [1.807, 2.05) is 4.90 Å². The minimum atomic E-state index is -0.185. The SMILES string of the molecule is CC1CCCC1C(=O)N1CCC(O)CC1. The van der Waals surface area contributed by atoms with Gasteiger partial charge >= 0.3 is 0 Å². The zero-order valence-corrected chi connectivity index (χ0v) is 9.48. The molecule has 86 valence electrons. The topological polar surface area (TPSA) is 40.5 Å².